The maximum atomic E-state index is 12.7. The Hall–Kier alpha value is -3.61. The van der Waals surface area contributed by atoms with E-state index < -0.39 is 11.9 Å². The van der Waals surface area contributed by atoms with Gasteiger partial charge in [-0.25, -0.2) is 9.69 Å². The summed E-state index contributed by atoms with van der Waals surface area (Å²) < 4.78 is 5.14. The van der Waals surface area contributed by atoms with Crippen LogP contribution in [0.3, 0.4) is 0 Å². The van der Waals surface area contributed by atoms with Crippen molar-refractivity contribution in [3.8, 4) is 11.5 Å². The zero-order chi connectivity index (χ0) is 21.0. The van der Waals surface area contributed by atoms with Crippen molar-refractivity contribution in [1.29, 1.82) is 0 Å². The molecule has 0 atom stereocenters. The Labute approximate surface area is 167 Å². The zero-order valence-electron chi connectivity index (χ0n) is 15.9. The van der Waals surface area contributed by atoms with Crippen molar-refractivity contribution in [2.75, 3.05) is 11.5 Å². The molecule has 1 saturated heterocycles. The van der Waals surface area contributed by atoms with E-state index in [0.717, 1.165) is 17.7 Å². The van der Waals surface area contributed by atoms with Crippen LogP contribution in [0.5, 0.6) is 11.5 Å². The van der Waals surface area contributed by atoms with E-state index in [1.807, 2.05) is 6.92 Å². The van der Waals surface area contributed by atoms with Gasteiger partial charge in [0.25, 0.3) is 5.91 Å². The molecule has 29 heavy (non-hydrogen) atoms. The summed E-state index contributed by atoms with van der Waals surface area (Å²) in [4.78, 5) is 38.1. The smallest absolute Gasteiger partial charge is 0.338 e. The third-order valence-corrected chi connectivity index (χ3v) is 4.50. The first-order chi connectivity index (χ1) is 13.9. The number of hydrogen-bond donors (Lipinski definition) is 2. The Morgan fingerprint density at radius 1 is 1.10 bits per heavy atom. The lowest BCUT2D eigenvalue weighted by Gasteiger charge is -2.14. The number of carbonyl (C=O) groups excluding carboxylic acids is 3. The van der Waals surface area contributed by atoms with Crippen molar-refractivity contribution >= 4 is 29.5 Å². The van der Waals surface area contributed by atoms with Crippen molar-refractivity contribution in [2.45, 2.75) is 26.2 Å². The second kappa shape index (κ2) is 8.60. The number of ether oxygens (including phenoxy) is 1. The number of phenolic OH excluding ortho intramolecular Hbond substituents is 2. The number of anilines is 1. The van der Waals surface area contributed by atoms with Gasteiger partial charge in [0.05, 0.1) is 24.3 Å². The van der Waals surface area contributed by atoms with E-state index >= 15 is 0 Å². The first-order valence-corrected chi connectivity index (χ1v) is 9.27. The van der Waals surface area contributed by atoms with E-state index in [1.54, 1.807) is 0 Å². The van der Waals surface area contributed by atoms with Crippen molar-refractivity contribution in [3.05, 3.63) is 59.2 Å². The van der Waals surface area contributed by atoms with E-state index in [-0.39, 0.29) is 29.4 Å². The van der Waals surface area contributed by atoms with E-state index in [4.69, 9.17) is 4.74 Å². The first kappa shape index (κ1) is 20.1. The molecule has 0 aromatic heterocycles. The van der Waals surface area contributed by atoms with Crippen molar-refractivity contribution < 1.29 is 29.3 Å². The molecule has 2 amide bonds. The van der Waals surface area contributed by atoms with Gasteiger partial charge in [-0.15, -0.1) is 0 Å². The maximum absolute atomic E-state index is 12.7. The minimum atomic E-state index is -0.471. The number of amides is 2. The zero-order valence-corrected chi connectivity index (χ0v) is 15.9. The topological polar surface area (TPSA) is 104 Å². The Morgan fingerprint density at radius 3 is 2.48 bits per heavy atom. The number of phenols is 2. The van der Waals surface area contributed by atoms with Gasteiger partial charge in [-0.2, -0.15) is 0 Å². The van der Waals surface area contributed by atoms with E-state index in [2.05, 4.69) is 0 Å². The molecule has 0 aliphatic carbocycles. The summed E-state index contributed by atoms with van der Waals surface area (Å²) in [6, 6.07) is 10.2. The minimum absolute atomic E-state index is 0.0821. The molecule has 3 rings (SSSR count). The average Bonchev–Trinajstić information content (AvgIpc) is 2.98. The molecule has 0 saturated carbocycles. The molecule has 0 radical (unpaired) electrons. The van der Waals surface area contributed by atoms with Crippen LogP contribution in [-0.4, -0.2) is 34.6 Å². The lowest BCUT2D eigenvalue weighted by atomic mass is 10.1. The summed E-state index contributed by atoms with van der Waals surface area (Å²) in [6.45, 7) is 2.35. The fourth-order valence-corrected chi connectivity index (χ4v) is 2.92. The Balaban J connectivity index is 1.76. The highest BCUT2D eigenvalue weighted by atomic mass is 16.5. The maximum Gasteiger partial charge on any atom is 0.338 e. The molecule has 7 heteroatoms. The Bertz CT molecular complexity index is 977. The number of carbonyl (C=O) groups is 3. The van der Waals surface area contributed by atoms with Gasteiger partial charge in [0, 0.05) is 5.57 Å². The average molecular weight is 395 g/mol. The van der Waals surface area contributed by atoms with E-state index in [9.17, 15) is 24.6 Å². The molecule has 150 valence electrons. The summed E-state index contributed by atoms with van der Waals surface area (Å²) in [6.07, 6.45) is 3.12. The molecule has 2 aromatic carbocycles. The van der Waals surface area contributed by atoms with Gasteiger partial charge in [0.2, 0.25) is 5.91 Å². The van der Waals surface area contributed by atoms with Crippen LogP contribution in [0, 0.1) is 0 Å². The quantitative estimate of drug-likeness (QED) is 0.255. The molecule has 1 heterocycles. The number of benzene rings is 2. The summed E-state index contributed by atoms with van der Waals surface area (Å²) in [7, 11) is 0. The minimum Gasteiger partial charge on any atom is -0.504 e. The fourth-order valence-electron chi connectivity index (χ4n) is 2.92. The van der Waals surface area contributed by atoms with Crippen LogP contribution in [0.25, 0.3) is 6.08 Å². The third-order valence-electron chi connectivity index (χ3n) is 4.50. The highest BCUT2D eigenvalue weighted by molar-refractivity contribution is 6.29. The van der Waals surface area contributed by atoms with Gasteiger partial charge in [0.15, 0.2) is 11.5 Å². The van der Waals surface area contributed by atoms with E-state index in [0.29, 0.717) is 23.4 Å². The highest BCUT2D eigenvalue weighted by Crippen LogP contribution is 2.30. The normalized spacial score (nSPS) is 15.2. The molecule has 2 aromatic rings. The van der Waals surface area contributed by atoms with Crippen LogP contribution >= 0.6 is 0 Å². The molecule has 2 N–H and O–H groups in total. The van der Waals surface area contributed by atoms with Crippen LogP contribution in [-0.2, 0) is 14.3 Å². The number of esters is 1. The van der Waals surface area contributed by atoms with Gasteiger partial charge in [0.1, 0.15) is 0 Å². The molecule has 0 bridgehead atoms. The van der Waals surface area contributed by atoms with Crippen molar-refractivity contribution in [3.63, 3.8) is 0 Å². The summed E-state index contributed by atoms with van der Waals surface area (Å²) >= 11 is 0. The van der Waals surface area contributed by atoms with Gasteiger partial charge in [-0.05, 0) is 54.5 Å². The van der Waals surface area contributed by atoms with Crippen molar-refractivity contribution in [2.24, 2.45) is 0 Å². The number of unbranched alkanes of at least 4 members (excludes halogenated alkanes) is 1. The fraction of sp³-hybridized carbons (Fsp3) is 0.227. The van der Waals surface area contributed by atoms with E-state index in [1.165, 1.54) is 48.5 Å². The summed E-state index contributed by atoms with van der Waals surface area (Å²) in [5.74, 6) is -1.88. The third kappa shape index (κ3) is 4.45. The summed E-state index contributed by atoms with van der Waals surface area (Å²) in [5.41, 5.74) is 1.47. The lowest BCUT2D eigenvalue weighted by Crippen LogP contribution is -2.28. The predicted octanol–water partition coefficient (Wildman–Crippen LogP) is 3.40. The number of imide groups is 1. The molecule has 1 fully saturated rings. The number of hydrogen-bond acceptors (Lipinski definition) is 6. The molecular weight excluding hydrogens is 374 g/mol. The Kier molecular flexibility index (Phi) is 5.97. The monoisotopic (exact) mass is 395 g/mol. The van der Waals surface area contributed by atoms with Gasteiger partial charge >= 0.3 is 5.97 Å². The number of nitrogens with zero attached hydrogens (tertiary/aromatic N) is 1. The van der Waals surface area contributed by atoms with Crippen LogP contribution < -0.4 is 4.90 Å². The molecule has 0 spiro atoms. The van der Waals surface area contributed by atoms with Gasteiger partial charge in [-0.1, -0.05) is 19.4 Å². The predicted molar refractivity (Wildman–Crippen MR) is 106 cm³/mol. The largest absolute Gasteiger partial charge is 0.504 e. The van der Waals surface area contributed by atoms with Crippen LogP contribution in [0.2, 0.25) is 0 Å². The lowest BCUT2D eigenvalue weighted by molar-refractivity contribution is -0.120. The van der Waals surface area contributed by atoms with Crippen molar-refractivity contribution in [1.82, 2.24) is 0 Å². The highest BCUT2D eigenvalue weighted by Gasteiger charge is 2.35. The molecule has 1 aliphatic rings. The SMILES string of the molecule is CCCCOC(=O)c1ccc(N2C(=O)CC(=Cc3ccc(O)c(O)c3)C2=O)cc1. The number of aromatic hydroxyl groups is 2. The summed E-state index contributed by atoms with van der Waals surface area (Å²) in [5, 5.41) is 19.0. The molecule has 0 unspecified atom stereocenters. The second-order valence-corrected chi connectivity index (χ2v) is 6.67. The van der Waals surface area contributed by atoms with Gasteiger partial charge in [-0.3, -0.25) is 9.59 Å². The van der Waals surface area contributed by atoms with Gasteiger partial charge < -0.3 is 14.9 Å². The Morgan fingerprint density at radius 2 is 1.83 bits per heavy atom. The molecular formula is C22H21NO6. The van der Waals surface area contributed by atoms with Crippen LogP contribution in [0.4, 0.5) is 5.69 Å². The van der Waals surface area contributed by atoms with Crippen LogP contribution in [0.15, 0.2) is 48.0 Å². The molecule has 1 aliphatic heterocycles. The standard InChI is InChI=1S/C22H21NO6/c1-2-3-10-29-22(28)15-5-7-17(8-6-15)23-20(26)13-16(21(23)27)11-14-4-9-18(24)19(25)12-14/h4-9,11-12,24-25H,2-3,10,13H2,1H3. The first-order valence-electron chi connectivity index (χ1n) is 9.27. The number of rotatable bonds is 6. The molecule has 7 nitrogen and oxygen atoms in total. The second-order valence-electron chi connectivity index (χ2n) is 6.67. The van der Waals surface area contributed by atoms with Crippen LogP contribution in [0.1, 0.15) is 42.1 Å².